The van der Waals surface area contributed by atoms with Crippen LogP contribution >= 0.6 is 0 Å². The number of rotatable bonds is 2. The molecule has 2 unspecified atom stereocenters. The summed E-state index contributed by atoms with van der Waals surface area (Å²) in [7, 11) is 0. The van der Waals surface area contributed by atoms with Crippen LogP contribution in [0, 0.1) is 11.8 Å². The van der Waals surface area contributed by atoms with Crippen LogP contribution in [0.4, 0.5) is 0 Å². The van der Waals surface area contributed by atoms with Gasteiger partial charge in [-0.15, -0.1) is 0 Å². The van der Waals surface area contributed by atoms with Crippen LogP contribution in [0.5, 0.6) is 0 Å². The monoisotopic (exact) mass is 252 g/mol. The van der Waals surface area contributed by atoms with Crippen molar-refractivity contribution >= 4 is 5.91 Å². The molecule has 0 bridgehead atoms. The van der Waals surface area contributed by atoms with E-state index in [1.807, 2.05) is 0 Å². The molecular weight excluding hydrogens is 228 g/mol. The van der Waals surface area contributed by atoms with Gasteiger partial charge in [0.15, 0.2) is 0 Å². The standard InChI is InChI=1S/C14H24N2O2/c17-14(13-2-1-9-18-13)16-8-5-12(10-16)11-3-6-15-7-4-11/h11-13,15H,1-10H2. The average molecular weight is 252 g/mol. The van der Waals surface area contributed by atoms with E-state index in [9.17, 15) is 4.79 Å². The van der Waals surface area contributed by atoms with Crippen molar-refractivity contribution in [1.29, 1.82) is 0 Å². The Morgan fingerprint density at radius 1 is 1.11 bits per heavy atom. The number of piperidine rings is 1. The van der Waals surface area contributed by atoms with E-state index in [2.05, 4.69) is 10.2 Å². The van der Waals surface area contributed by atoms with Crippen molar-refractivity contribution in [2.45, 2.75) is 38.2 Å². The second-order valence-electron chi connectivity index (χ2n) is 5.92. The first-order valence-corrected chi connectivity index (χ1v) is 7.45. The minimum absolute atomic E-state index is 0.128. The van der Waals surface area contributed by atoms with E-state index in [4.69, 9.17) is 4.74 Å². The fourth-order valence-electron chi connectivity index (χ4n) is 3.66. The van der Waals surface area contributed by atoms with E-state index in [0.717, 1.165) is 57.5 Å². The molecule has 4 heteroatoms. The zero-order chi connectivity index (χ0) is 12.4. The van der Waals surface area contributed by atoms with Crippen LogP contribution < -0.4 is 5.32 Å². The van der Waals surface area contributed by atoms with Crippen molar-refractivity contribution < 1.29 is 9.53 Å². The molecule has 0 spiro atoms. The molecule has 102 valence electrons. The van der Waals surface area contributed by atoms with E-state index in [-0.39, 0.29) is 12.0 Å². The number of nitrogens with one attached hydrogen (secondary N) is 1. The Morgan fingerprint density at radius 2 is 1.94 bits per heavy atom. The number of amides is 1. The van der Waals surface area contributed by atoms with Gasteiger partial charge in [0.25, 0.3) is 5.91 Å². The van der Waals surface area contributed by atoms with E-state index in [0.29, 0.717) is 0 Å². The van der Waals surface area contributed by atoms with Crippen LogP contribution in [0.3, 0.4) is 0 Å². The minimum Gasteiger partial charge on any atom is -0.368 e. The topological polar surface area (TPSA) is 41.6 Å². The lowest BCUT2D eigenvalue weighted by atomic mass is 9.84. The molecule has 3 fully saturated rings. The van der Waals surface area contributed by atoms with Crippen LogP contribution in [0.15, 0.2) is 0 Å². The lowest BCUT2D eigenvalue weighted by molar-refractivity contribution is -0.140. The first-order chi connectivity index (χ1) is 8.84. The highest BCUT2D eigenvalue weighted by Crippen LogP contribution is 2.31. The second kappa shape index (κ2) is 5.57. The quantitative estimate of drug-likeness (QED) is 0.797. The lowest BCUT2D eigenvalue weighted by Gasteiger charge is -2.28. The molecule has 3 saturated heterocycles. The zero-order valence-corrected chi connectivity index (χ0v) is 11.1. The van der Waals surface area contributed by atoms with Gasteiger partial charge in [0, 0.05) is 19.7 Å². The summed E-state index contributed by atoms with van der Waals surface area (Å²) in [6.45, 7) is 5.00. The Kier molecular flexibility index (Phi) is 3.85. The van der Waals surface area contributed by atoms with Crippen molar-refractivity contribution in [2.75, 3.05) is 32.8 Å². The van der Waals surface area contributed by atoms with Gasteiger partial charge in [0.2, 0.25) is 0 Å². The Labute approximate surface area is 109 Å². The highest BCUT2D eigenvalue weighted by atomic mass is 16.5. The van der Waals surface area contributed by atoms with Crippen LogP contribution in [0.1, 0.15) is 32.1 Å². The lowest BCUT2D eigenvalue weighted by Crippen LogP contribution is -2.38. The van der Waals surface area contributed by atoms with E-state index in [1.165, 1.54) is 19.3 Å². The number of nitrogens with zero attached hydrogens (tertiary/aromatic N) is 1. The predicted molar refractivity (Wildman–Crippen MR) is 69.3 cm³/mol. The third-order valence-corrected chi connectivity index (χ3v) is 4.79. The van der Waals surface area contributed by atoms with Crippen LogP contribution in [0.25, 0.3) is 0 Å². The van der Waals surface area contributed by atoms with Gasteiger partial charge in [0.05, 0.1) is 0 Å². The fourth-order valence-corrected chi connectivity index (χ4v) is 3.66. The van der Waals surface area contributed by atoms with Gasteiger partial charge < -0.3 is 15.0 Å². The summed E-state index contributed by atoms with van der Waals surface area (Å²) in [4.78, 5) is 14.3. The molecule has 0 aromatic rings. The number of carbonyl (C=O) groups is 1. The third kappa shape index (κ3) is 2.54. The Morgan fingerprint density at radius 3 is 2.67 bits per heavy atom. The predicted octanol–water partition coefficient (Wildman–Crippen LogP) is 1.01. The largest absolute Gasteiger partial charge is 0.368 e. The first-order valence-electron chi connectivity index (χ1n) is 7.45. The molecule has 3 rings (SSSR count). The summed E-state index contributed by atoms with van der Waals surface area (Å²) in [5.41, 5.74) is 0. The molecular formula is C14H24N2O2. The van der Waals surface area contributed by atoms with Crippen LogP contribution in [-0.2, 0) is 9.53 Å². The molecule has 2 atom stereocenters. The molecule has 0 saturated carbocycles. The molecule has 3 heterocycles. The summed E-state index contributed by atoms with van der Waals surface area (Å²) < 4.78 is 5.51. The minimum atomic E-state index is -0.128. The summed E-state index contributed by atoms with van der Waals surface area (Å²) >= 11 is 0. The molecule has 0 aromatic heterocycles. The van der Waals surface area contributed by atoms with Gasteiger partial charge in [-0.3, -0.25) is 4.79 Å². The van der Waals surface area contributed by atoms with Gasteiger partial charge in [-0.2, -0.15) is 0 Å². The number of hydrogen-bond donors (Lipinski definition) is 1. The van der Waals surface area contributed by atoms with Crippen molar-refractivity contribution in [3.63, 3.8) is 0 Å². The van der Waals surface area contributed by atoms with Gasteiger partial charge in [-0.05, 0) is 57.0 Å². The molecule has 18 heavy (non-hydrogen) atoms. The summed E-state index contributed by atoms with van der Waals surface area (Å²) in [6.07, 6.45) is 5.61. The molecule has 3 aliphatic heterocycles. The van der Waals surface area contributed by atoms with E-state index in [1.54, 1.807) is 0 Å². The molecule has 0 aromatic carbocycles. The molecule has 1 amide bonds. The highest BCUT2D eigenvalue weighted by molar-refractivity contribution is 5.81. The van der Waals surface area contributed by atoms with Crippen molar-refractivity contribution in [3.8, 4) is 0 Å². The normalized spacial score (nSPS) is 34.1. The van der Waals surface area contributed by atoms with Gasteiger partial charge >= 0.3 is 0 Å². The van der Waals surface area contributed by atoms with Crippen LogP contribution in [0.2, 0.25) is 0 Å². The van der Waals surface area contributed by atoms with E-state index >= 15 is 0 Å². The zero-order valence-electron chi connectivity index (χ0n) is 11.1. The summed E-state index contributed by atoms with van der Waals surface area (Å²) in [5.74, 6) is 1.81. The third-order valence-electron chi connectivity index (χ3n) is 4.79. The smallest absolute Gasteiger partial charge is 0.251 e. The highest BCUT2D eigenvalue weighted by Gasteiger charge is 2.36. The Balaban J connectivity index is 1.52. The number of likely N-dealkylation sites (tertiary alicyclic amines) is 1. The van der Waals surface area contributed by atoms with Crippen molar-refractivity contribution in [3.05, 3.63) is 0 Å². The number of ether oxygens (including phenoxy) is 1. The Bertz CT molecular complexity index is 296. The van der Waals surface area contributed by atoms with Gasteiger partial charge in [-0.1, -0.05) is 0 Å². The van der Waals surface area contributed by atoms with Crippen molar-refractivity contribution in [2.24, 2.45) is 11.8 Å². The summed E-state index contributed by atoms with van der Waals surface area (Å²) in [5, 5.41) is 3.42. The second-order valence-corrected chi connectivity index (χ2v) is 5.92. The summed E-state index contributed by atoms with van der Waals surface area (Å²) in [6, 6.07) is 0. The fraction of sp³-hybridized carbons (Fsp3) is 0.929. The average Bonchev–Trinajstić information content (AvgIpc) is 3.10. The maximum absolute atomic E-state index is 12.3. The van der Waals surface area contributed by atoms with Crippen molar-refractivity contribution in [1.82, 2.24) is 10.2 Å². The van der Waals surface area contributed by atoms with E-state index < -0.39 is 0 Å². The molecule has 3 aliphatic rings. The first kappa shape index (κ1) is 12.4. The molecule has 1 N–H and O–H groups in total. The number of carbonyl (C=O) groups excluding carboxylic acids is 1. The maximum atomic E-state index is 12.3. The SMILES string of the molecule is O=C(C1CCCO1)N1CCC(C2CCNCC2)C1. The van der Waals surface area contributed by atoms with Gasteiger partial charge in [0.1, 0.15) is 6.10 Å². The van der Waals surface area contributed by atoms with Gasteiger partial charge in [-0.25, -0.2) is 0 Å². The number of hydrogen-bond acceptors (Lipinski definition) is 3. The molecule has 4 nitrogen and oxygen atoms in total. The molecule has 0 aliphatic carbocycles. The molecule has 0 radical (unpaired) electrons. The Hall–Kier alpha value is -0.610. The maximum Gasteiger partial charge on any atom is 0.251 e. The van der Waals surface area contributed by atoms with Crippen LogP contribution in [-0.4, -0.2) is 49.7 Å².